The Morgan fingerprint density at radius 2 is 1.83 bits per heavy atom. The van der Waals surface area contributed by atoms with Gasteiger partial charge in [0.2, 0.25) is 5.75 Å². The lowest BCUT2D eigenvalue weighted by molar-refractivity contribution is -0.169. The second-order valence-corrected chi connectivity index (χ2v) is 8.83. The smallest absolute Gasteiger partial charge is 0.395 e. The number of hydrogen-bond acceptors (Lipinski definition) is 7. The van der Waals surface area contributed by atoms with Gasteiger partial charge in [-0.15, -0.1) is 0 Å². The normalized spacial score (nSPS) is 13.3. The van der Waals surface area contributed by atoms with Crippen molar-refractivity contribution in [1.29, 1.82) is 0 Å². The van der Waals surface area contributed by atoms with Gasteiger partial charge in [-0.3, -0.25) is 9.32 Å². The molecule has 3 atom stereocenters. The van der Waals surface area contributed by atoms with Crippen LogP contribution in [0.3, 0.4) is 0 Å². The van der Waals surface area contributed by atoms with Crippen LogP contribution >= 0.6 is 19.8 Å². The molecule has 184 valence electrons. The van der Waals surface area contributed by atoms with Crippen molar-refractivity contribution >= 4 is 42.5 Å². The Bertz CT molecular complexity index is 1300. The number of esters is 2. The molecule has 1 unspecified atom stereocenters. The summed E-state index contributed by atoms with van der Waals surface area (Å²) in [7, 11) is -1.38. The van der Waals surface area contributed by atoms with E-state index in [1.54, 1.807) is 31.2 Å². The van der Waals surface area contributed by atoms with Gasteiger partial charge < -0.3 is 14.4 Å². The molecule has 0 aliphatic rings. The Kier molecular flexibility index (Phi) is 8.72. The van der Waals surface area contributed by atoms with E-state index in [4.69, 9.17) is 25.6 Å². The van der Waals surface area contributed by atoms with Crippen LogP contribution in [-0.2, 0) is 25.7 Å². The highest BCUT2D eigenvalue weighted by Gasteiger charge is 2.21. The molecule has 11 heteroatoms. The minimum absolute atomic E-state index is 0.0142. The molecule has 7 nitrogen and oxygen atoms in total. The minimum Gasteiger partial charge on any atom is -0.575 e. The van der Waals surface area contributed by atoms with Gasteiger partial charge in [-0.2, -0.15) is 0 Å². The van der Waals surface area contributed by atoms with E-state index in [9.17, 15) is 23.3 Å². The lowest BCUT2D eigenvalue weighted by Gasteiger charge is -2.12. The van der Waals surface area contributed by atoms with Crippen molar-refractivity contribution < 1.29 is 37.3 Å². The maximum atomic E-state index is 13.7. The number of benzene rings is 3. The molecule has 3 rings (SSSR count). The van der Waals surface area contributed by atoms with Gasteiger partial charge in [0.1, 0.15) is 18.2 Å². The third kappa shape index (κ3) is 6.51. The zero-order valence-electron chi connectivity index (χ0n) is 19.0. The molecule has 0 spiro atoms. The molecule has 0 bridgehead atoms. The molecule has 0 saturated carbocycles. The maximum absolute atomic E-state index is 13.7. The van der Waals surface area contributed by atoms with Gasteiger partial charge in [0, 0.05) is 17.0 Å². The highest BCUT2D eigenvalue weighted by atomic mass is 35.5. The van der Waals surface area contributed by atoms with Gasteiger partial charge in [-0.25, -0.2) is 13.6 Å². The fraction of sp³-hybridized carbons (Fsp3) is 0.250. The number of rotatable bonds is 8. The molecule has 0 radical (unpaired) electrons. The first kappa shape index (κ1) is 26.5. The molecule has 0 aliphatic carbocycles. The number of carbonyl (C=O) groups excluding carboxylic acids is 2. The average molecular weight is 524 g/mol. The van der Waals surface area contributed by atoms with E-state index in [1.807, 2.05) is 0 Å². The monoisotopic (exact) mass is 523 g/mol. The summed E-state index contributed by atoms with van der Waals surface area (Å²) in [6, 6.07) is 10.1. The van der Waals surface area contributed by atoms with Crippen molar-refractivity contribution in [2.45, 2.75) is 32.4 Å². The SMILES string of the molecule is COC(=O)[C@@H](C)c1ccc2c(Cl)c(O/[P+]([O-])=N/[C@@H](C)C(=O)OCc3ccc(F)cc3F)ccc2c1. The van der Waals surface area contributed by atoms with Crippen molar-refractivity contribution in [3.05, 3.63) is 76.3 Å². The van der Waals surface area contributed by atoms with Crippen LogP contribution in [0, 0.1) is 11.6 Å². The maximum Gasteiger partial charge on any atom is 0.395 e. The van der Waals surface area contributed by atoms with Gasteiger partial charge in [0.05, 0.1) is 18.1 Å². The first-order chi connectivity index (χ1) is 16.6. The van der Waals surface area contributed by atoms with Gasteiger partial charge in [0.15, 0.2) is 6.04 Å². The number of fused-ring (bicyclic) bond motifs is 1. The molecule has 0 amide bonds. The molecule has 35 heavy (non-hydrogen) atoms. The summed E-state index contributed by atoms with van der Waals surface area (Å²) < 4.78 is 45.4. The van der Waals surface area contributed by atoms with Gasteiger partial charge in [-0.1, -0.05) is 40.6 Å². The average Bonchev–Trinajstić information content (AvgIpc) is 2.83. The second kappa shape index (κ2) is 11.5. The Balaban J connectivity index is 1.69. The van der Waals surface area contributed by atoms with Crippen molar-refractivity contribution in [2.75, 3.05) is 7.11 Å². The van der Waals surface area contributed by atoms with Gasteiger partial charge >= 0.3 is 20.1 Å². The van der Waals surface area contributed by atoms with E-state index >= 15 is 0 Å². The Hall–Kier alpha value is -3.13. The third-order valence-corrected chi connectivity index (χ3v) is 6.45. The summed E-state index contributed by atoms with van der Waals surface area (Å²) in [5, 5.41) is 1.51. The summed E-state index contributed by atoms with van der Waals surface area (Å²) in [4.78, 5) is 36.3. The van der Waals surface area contributed by atoms with E-state index < -0.39 is 44.3 Å². The molecular formula is C24H21ClF2NO6P. The lowest BCUT2D eigenvalue weighted by Crippen LogP contribution is -2.18. The van der Waals surface area contributed by atoms with Crippen LogP contribution in [0.5, 0.6) is 5.75 Å². The van der Waals surface area contributed by atoms with Gasteiger partial charge in [0.25, 0.3) is 0 Å². The minimum atomic E-state index is -2.70. The number of carbonyl (C=O) groups is 2. The van der Waals surface area contributed by atoms with Crippen LogP contribution in [0.2, 0.25) is 5.02 Å². The van der Waals surface area contributed by atoms with Crippen LogP contribution in [0.1, 0.15) is 30.9 Å². The largest absolute Gasteiger partial charge is 0.575 e. The predicted octanol–water partition coefficient (Wildman–Crippen LogP) is 5.41. The van der Waals surface area contributed by atoms with Crippen LogP contribution in [0.25, 0.3) is 10.8 Å². The Labute approximate surface area is 206 Å². The molecule has 0 N–H and O–H groups in total. The van der Waals surface area contributed by atoms with Crippen molar-refractivity contribution in [2.24, 2.45) is 4.74 Å². The Morgan fingerprint density at radius 3 is 2.51 bits per heavy atom. The molecular weight excluding hydrogens is 503 g/mol. The van der Waals surface area contributed by atoms with Crippen LogP contribution in [0.4, 0.5) is 8.78 Å². The summed E-state index contributed by atoms with van der Waals surface area (Å²) in [6.07, 6.45) is 0. The number of hydrogen-bond donors (Lipinski definition) is 0. The fourth-order valence-electron chi connectivity index (χ4n) is 3.15. The highest BCUT2D eigenvalue weighted by molar-refractivity contribution is 7.34. The van der Waals surface area contributed by atoms with Crippen molar-refractivity contribution in [3.63, 3.8) is 0 Å². The second-order valence-electron chi connectivity index (χ2n) is 7.57. The van der Waals surface area contributed by atoms with E-state index in [0.29, 0.717) is 11.5 Å². The van der Waals surface area contributed by atoms with Crippen molar-refractivity contribution in [1.82, 2.24) is 0 Å². The first-order valence-electron chi connectivity index (χ1n) is 10.4. The van der Waals surface area contributed by atoms with E-state index in [0.717, 1.165) is 23.1 Å². The number of nitrogens with zero attached hydrogens (tertiary/aromatic N) is 1. The topological polar surface area (TPSA) is 97.3 Å². The Morgan fingerprint density at radius 1 is 1.09 bits per heavy atom. The van der Waals surface area contributed by atoms with Gasteiger partial charge in [-0.05, 0) is 43.0 Å². The summed E-state index contributed by atoms with van der Waals surface area (Å²) in [5.74, 6) is -3.21. The summed E-state index contributed by atoms with van der Waals surface area (Å²) in [6.45, 7) is 2.63. The van der Waals surface area contributed by atoms with E-state index in [-0.39, 0.29) is 22.3 Å². The summed E-state index contributed by atoms with van der Waals surface area (Å²) >= 11 is 6.41. The molecule has 0 saturated heterocycles. The molecule has 0 heterocycles. The third-order valence-electron chi connectivity index (χ3n) is 5.17. The molecule has 3 aromatic rings. The molecule has 3 aromatic carbocycles. The quantitative estimate of drug-likeness (QED) is 0.289. The number of methoxy groups -OCH3 is 1. The molecule has 0 fully saturated rings. The van der Waals surface area contributed by atoms with Crippen molar-refractivity contribution in [3.8, 4) is 5.75 Å². The fourth-order valence-corrected chi connectivity index (χ4v) is 4.22. The van der Waals surface area contributed by atoms with E-state index in [2.05, 4.69) is 4.74 Å². The predicted molar refractivity (Wildman–Crippen MR) is 125 cm³/mol. The summed E-state index contributed by atoms with van der Waals surface area (Å²) in [5.41, 5.74) is 0.725. The molecule has 0 aliphatic heterocycles. The van der Waals surface area contributed by atoms with E-state index in [1.165, 1.54) is 20.1 Å². The lowest BCUT2D eigenvalue weighted by atomic mass is 9.98. The van der Waals surface area contributed by atoms with Crippen LogP contribution in [0.15, 0.2) is 53.3 Å². The standard InChI is InChI=1S/C24H21ClF2NO6P/c1-13(23(29)32-3)15-5-8-19-16(10-15)6-9-21(22(19)25)34-35(31)28-14(2)24(30)33-12-17-4-7-18(26)11-20(17)27/h4-11,13-14H,12H2,1-3H3/t13-,14-/m0/s1. The number of halogens is 3. The zero-order chi connectivity index (χ0) is 25.7. The number of ether oxygens (including phenoxy) is 2. The van der Waals surface area contributed by atoms with Crippen LogP contribution in [-0.4, -0.2) is 25.1 Å². The zero-order valence-corrected chi connectivity index (χ0v) is 20.6. The highest BCUT2D eigenvalue weighted by Crippen LogP contribution is 2.37. The molecule has 0 aromatic heterocycles. The first-order valence-corrected chi connectivity index (χ1v) is 11.9. The van der Waals surface area contributed by atoms with Crippen LogP contribution < -0.4 is 9.42 Å².